The maximum atomic E-state index is 13.3. The van der Waals surface area contributed by atoms with Gasteiger partial charge in [-0.1, -0.05) is 47.6 Å². The van der Waals surface area contributed by atoms with Crippen molar-refractivity contribution < 1.29 is 13.7 Å². The zero-order chi connectivity index (χ0) is 17.9. The van der Waals surface area contributed by atoms with E-state index in [4.69, 9.17) is 4.52 Å². The highest BCUT2D eigenvalue weighted by molar-refractivity contribution is 5.79. The molecule has 6 heteroatoms. The topological polar surface area (TPSA) is 59.2 Å². The Labute approximate surface area is 150 Å². The van der Waals surface area contributed by atoms with Crippen LogP contribution in [0.1, 0.15) is 23.8 Å². The van der Waals surface area contributed by atoms with Crippen LogP contribution in [0.2, 0.25) is 0 Å². The van der Waals surface area contributed by atoms with Gasteiger partial charge in [0.05, 0.1) is 12.3 Å². The summed E-state index contributed by atoms with van der Waals surface area (Å²) in [6.45, 7) is 1.19. The molecule has 26 heavy (non-hydrogen) atoms. The molecule has 3 aromatic rings. The summed E-state index contributed by atoms with van der Waals surface area (Å²) in [4.78, 5) is 18.7. The number of rotatable bonds is 4. The molecular weight excluding hydrogens is 333 g/mol. The van der Waals surface area contributed by atoms with Gasteiger partial charge in [-0.3, -0.25) is 4.79 Å². The molecule has 1 aliphatic rings. The fraction of sp³-hybridized carbons (Fsp3) is 0.250. The minimum Gasteiger partial charge on any atom is -0.342 e. The average Bonchev–Trinajstić information content (AvgIpc) is 3.32. The number of benzene rings is 2. The van der Waals surface area contributed by atoms with Crippen molar-refractivity contribution in [2.45, 2.75) is 18.8 Å². The Kier molecular flexibility index (Phi) is 4.48. The van der Waals surface area contributed by atoms with Gasteiger partial charge in [0, 0.05) is 18.7 Å². The number of nitrogens with zero attached hydrogens (tertiary/aromatic N) is 3. The van der Waals surface area contributed by atoms with Crippen LogP contribution >= 0.6 is 0 Å². The summed E-state index contributed by atoms with van der Waals surface area (Å²) >= 11 is 0. The third-order valence-electron chi connectivity index (χ3n) is 4.61. The van der Waals surface area contributed by atoms with Crippen LogP contribution in [-0.2, 0) is 11.2 Å². The zero-order valence-electron chi connectivity index (χ0n) is 14.1. The third-order valence-corrected chi connectivity index (χ3v) is 4.61. The van der Waals surface area contributed by atoms with Crippen LogP contribution < -0.4 is 0 Å². The molecule has 0 radical (unpaired) electrons. The highest BCUT2D eigenvalue weighted by atomic mass is 19.1. The summed E-state index contributed by atoms with van der Waals surface area (Å²) < 4.78 is 18.7. The molecule has 0 aliphatic carbocycles. The normalized spacial score (nSPS) is 16.8. The van der Waals surface area contributed by atoms with E-state index in [0.29, 0.717) is 30.4 Å². The average molecular weight is 351 g/mol. The van der Waals surface area contributed by atoms with Gasteiger partial charge in [-0.15, -0.1) is 0 Å². The zero-order valence-corrected chi connectivity index (χ0v) is 14.1. The Morgan fingerprint density at radius 2 is 2.04 bits per heavy atom. The van der Waals surface area contributed by atoms with E-state index in [1.165, 1.54) is 12.1 Å². The number of aromatic nitrogens is 2. The first-order valence-electron chi connectivity index (χ1n) is 8.60. The van der Waals surface area contributed by atoms with Gasteiger partial charge in [-0.05, 0) is 24.1 Å². The Morgan fingerprint density at radius 3 is 2.85 bits per heavy atom. The van der Waals surface area contributed by atoms with Crippen molar-refractivity contribution in [3.05, 3.63) is 71.9 Å². The minimum atomic E-state index is -0.325. The molecule has 0 saturated carbocycles. The standard InChI is InChI=1S/C20H18FN3O2/c21-17-8-4-5-14(11-17)12-18(25)24-10-9-16(13-24)20-22-19(23-26-20)15-6-2-1-3-7-15/h1-8,11,16H,9-10,12-13H2. The Morgan fingerprint density at radius 1 is 1.19 bits per heavy atom. The Bertz CT molecular complexity index is 910. The number of hydrogen-bond donors (Lipinski definition) is 0. The first-order chi connectivity index (χ1) is 12.7. The molecule has 2 heterocycles. The Balaban J connectivity index is 1.41. The fourth-order valence-corrected chi connectivity index (χ4v) is 3.23. The van der Waals surface area contributed by atoms with Crippen LogP contribution in [0.5, 0.6) is 0 Å². The third kappa shape index (κ3) is 3.49. The summed E-state index contributed by atoms with van der Waals surface area (Å²) in [5.41, 5.74) is 1.59. The molecule has 1 aliphatic heterocycles. The smallest absolute Gasteiger partial charge is 0.231 e. The number of carbonyl (C=O) groups is 1. The molecule has 2 aromatic carbocycles. The summed E-state index contributed by atoms with van der Waals surface area (Å²) in [6, 6.07) is 15.8. The molecule has 0 spiro atoms. The fourth-order valence-electron chi connectivity index (χ4n) is 3.23. The lowest BCUT2D eigenvalue weighted by molar-refractivity contribution is -0.129. The van der Waals surface area contributed by atoms with Crippen molar-refractivity contribution in [1.29, 1.82) is 0 Å². The van der Waals surface area contributed by atoms with Gasteiger partial charge in [-0.2, -0.15) is 4.98 Å². The molecule has 0 bridgehead atoms. The van der Waals surface area contributed by atoms with Gasteiger partial charge in [0.2, 0.25) is 17.6 Å². The first-order valence-corrected chi connectivity index (χ1v) is 8.60. The summed E-state index contributed by atoms with van der Waals surface area (Å²) in [5, 5.41) is 4.05. The van der Waals surface area contributed by atoms with E-state index in [1.807, 2.05) is 30.3 Å². The second kappa shape index (κ2) is 7.07. The van der Waals surface area contributed by atoms with Crippen LogP contribution in [0.4, 0.5) is 4.39 Å². The van der Waals surface area contributed by atoms with Crippen molar-refractivity contribution in [1.82, 2.24) is 15.0 Å². The number of hydrogen-bond acceptors (Lipinski definition) is 4. The van der Waals surface area contributed by atoms with E-state index in [1.54, 1.807) is 17.0 Å². The van der Waals surface area contributed by atoms with E-state index in [2.05, 4.69) is 10.1 Å². The van der Waals surface area contributed by atoms with Gasteiger partial charge in [-0.25, -0.2) is 4.39 Å². The highest BCUT2D eigenvalue weighted by Gasteiger charge is 2.31. The lowest BCUT2D eigenvalue weighted by Crippen LogP contribution is -2.29. The summed E-state index contributed by atoms with van der Waals surface area (Å²) in [6.07, 6.45) is 0.981. The quantitative estimate of drug-likeness (QED) is 0.722. The van der Waals surface area contributed by atoms with Gasteiger partial charge >= 0.3 is 0 Å². The van der Waals surface area contributed by atoms with E-state index in [0.717, 1.165) is 12.0 Å². The molecule has 1 saturated heterocycles. The predicted octanol–water partition coefficient (Wildman–Crippen LogP) is 3.43. The van der Waals surface area contributed by atoms with Gasteiger partial charge in [0.25, 0.3) is 0 Å². The van der Waals surface area contributed by atoms with Crippen LogP contribution in [0.3, 0.4) is 0 Å². The van der Waals surface area contributed by atoms with Crippen molar-refractivity contribution in [3.63, 3.8) is 0 Å². The summed E-state index contributed by atoms with van der Waals surface area (Å²) in [5.74, 6) is 0.821. The molecule has 1 unspecified atom stereocenters. The predicted molar refractivity (Wildman–Crippen MR) is 93.8 cm³/mol. The molecule has 1 amide bonds. The molecule has 1 aromatic heterocycles. The largest absolute Gasteiger partial charge is 0.342 e. The molecule has 5 nitrogen and oxygen atoms in total. The molecular formula is C20H18FN3O2. The minimum absolute atomic E-state index is 0.0131. The molecule has 1 atom stereocenters. The van der Waals surface area contributed by atoms with Crippen molar-refractivity contribution >= 4 is 5.91 Å². The van der Waals surface area contributed by atoms with Crippen molar-refractivity contribution in [2.75, 3.05) is 13.1 Å². The van der Waals surface area contributed by atoms with Crippen LogP contribution in [0, 0.1) is 5.82 Å². The second-order valence-electron chi connectivity index (χ2n) is 6.45. The lowest BCUT2D eigenvalue weighted by atomic mass is 10.1. The molecule has 4 rings (SSSR count). The van der Waals surface area contributed by atoms with E-state index >= 15 is 0 Å². The molecule has 0 N–H and O–H groups in total. The number of amides is 1. The number of likely N-dealkylation sites (tertiary alicyclic amines) is 1. The Hall–Kier alpha value is -3.02. The van der Waals surface area contributed by atoms with Crippen molar-refractivity contribution in [2.24, 2.45) is 0 Å². The summed E-state index contributed by atoms with van der Waals surface area (Å²) in [7, 11) is 0. The van der Waals surface area contributed by atoms with Crippen molar-refractivity contribution in [3.8, 4) is 11.4 Å². The maximum Gasteiger partial charge on any atom is 0.231 e. The van der Waals surface area contributed by atoms with Crippen LogP contribution in [0.25, 0.3) is 11.4 Å². The SMILES string of the molecule is O=C(Cc1cccc(F)c1)N1CCC(c2nc(-c3ccccc3)no2)C1. The van der Waals surface area contributed by atoms with Gasteiger partial charge in [0.1, 0.15) is 5.82 Å². The lowest BCUT2D eigenvalue weighted by Gasteiger charge is -2.15. The van der Waals surface area contributed by atoms with Crippen LogP contribution in [0.15, 0.2) is 59.1 Å². The molecule has 132 valence electrons. The number of carbonyl (C=O) groups excluding carboxylic acids is 1. The molecule has 1 fully saturated rings. The van der Waals surface area contributed by atoms with E-state index in [9.17, 15) is 9.18 Å². The van der Waals surface area contributed by atoms with Crippen LogP contribution in [-0.4, -0.2) is 34.0 Å². The monoisotopic (exact) mass is 351 g/mol. The van der Waals surface area contributed by atoms with Gasteiger partial charge in [0.15, 0.2) is 0 Å². The first kappa shape index (κ1) is 16.4. The van der Waals surface area contributed by atoms with E-state index in [-0.39, 0.29) is 24.1 Å². The second-order valence-corrected chi connectivity index (χ2v) is 6.45. The van der Waals surface area contributed by atoms with E-state index < -0.39 is 0 Å². The van der Waals surface area contributed by atoms with Gasteiger partial charge < -0.3 is 9.42 Å². The maximum absolute atomic E-state index is 13.3. The number of halogens is 1. The highest BCUT2D eigenvalue weighted by Crippen LogP contribution is 2.28.